The lowest BCUT2D eigenvalue weighted by Crippen LogP contribution is -2.29. The first-order valence-corrected chi connectivity index (χ1v) is 6.52. The summed E-state index contributed by atoms with van der Waals surface area (Å²) in [5.41, 5.74) is -0.0509. The molecule has 22 heavy (non-hydrogen) atoms. The van der Waals surface area contributed by atoms with Gasteiger partial charge in [0.1, 0.15) is 0 Å². The number of anilines is 1. The summed E-state index contributed by atoms with van der Waals surface area (Å²) in [5, 5.41) is 5.13. The molecule has 4 nitrogen and oxygen atoms in total. The molecule has 2 N–H and O–H groups in total. The lowest BCUT2D eigenvalue weighted by Gasteiger charge is -2.14. The molecule has 0 aliphatic carbocycles. The summed E-state index contributed by atoms with van der Waals surface area (Å²) in [4.78, 5) is 15.5. The number of pyridine rings is 1. The second-order valence-electron chi connectivity index (χ2n) is 4.53. The Kier molecular flexibility index (Phi) is 4.98. The number of aromatic nitrogens is 1. The molecule has 2 rings (SSSR count). The fourth-order valence-electron chi connectivity index (χ4n) is 1.82. The fraction of sp³-hybridized carbons (Fsp3) is 0.200. The molecule has 116 valence electrons. The number of amides is 1. The van der Waals surface area contributed by atoms with Crippen molar-refractivity contribution in [1.29, 1.82) is 0 Å². The molecule has 0 atom stereocenters. The molecule has 0 saturated heterocycles. The number of rotatable bonds is 5. The van der Waals surface area contributed by atoms with Gasteiger partial charge in [-0.25, -0.2) is 0 Å². The largest absolute Gasteiger partial charge is 0.418 e. The highest BCUT2D eigenvalue weighted by Crippen LogP contribution is 2.34. The van der Waals surface area contributed by atoms with E-state index in [-0.39, 0.29) is 12.2 Å². The van der Waals surface area contributed by atoms with Crippen molar-refractivity contribution in [1.82, 2.24) is 10.3 Å². The second kappa shape index (κ2) is 6.93. The van der Waals surface area contributed by atoms with Gasteiger partial charge in [-0.2, -0.15) is 13.2 Å². The van der Waals surface area contributed by atoms with Gasteiger partial charge in [0.15, 0.2) is 0 Å². The SMILES string of the molecule is O=C(CNc1ccccc1C(F)(F)F)NCc1ccncc1. The van der Waals surface area contributed by atoms with Gasteiger partial charge in [0.2, 0.25) is 5.91 Å². The summed E-state index contributed by atoms with van der Waals surface area (Å²) in [6.45, 7) is 0.0577. The lowest BCUT2D eigenvalue weighted by atomic mass is 10.1. The zero-order valence-corrected chi connectivity index (χ0v) is 11.5. The number of benzene rings is 1. The molecule has 0 spiro atoms. The Morgan fingerprint density at radius 2 is 1.77 bits per heavy atom. The Bertz CT molecular complexity index is 629. The van der Waals surface area contributed by atoms with E-state index in [9.17, 15) is 18.0 Å². The molecule has 1 aromatic carbocycles. The maximum Gasteiger partial charge on any atom is 0.418 e. The summed E-state index contributed by atoms with van der Waals surface area (Å²) in [5.74, 6) is -0.395. The van der Waals surface area contributed by atoms with Gasteiger partial charge in [0, 0.05) is 24.6 Å². The number of alkyl halides is 3. The van der Waals surface area contributed by atoms with E-state index in [1.165, 1.54) is 18.2 Å². The van der Waals surface area contributed by atoms with Gasteiger partial charge in [-0.1, -0.05) is 12.1 Å². The van der Waals surface area contributed by atoms with Crippen molar-refractivity contribution in [2.24, 2.45) is 0 Å². The van der Waals surface area contributed by atoms with Crippen molar-refractivity contribution in [3.8, 4) is 0 Å². The molecule has 0 radical (unpaired) electrons. The molecule has 1 amide bonds. The van der Waals surface area contributed by atoms with Crippen molar-refractivity contribution in [2.75, 3.05) is 11.9 Å². The standard InChI is InChI=1S/C15H14F3N3O/c16-15(17,18)12-3-1-2-4-13(12)20-10-14(22)21-9-11-5-7-19-8-6-11/h1-8,20H,9-10H2,(H,21,22). The van der Waals surface area contributed by atoms with Gasteiger partial charge in [-0.3, -0.25) is 9.78 Å². The third kappa shape index (κ3) is 4.47. The molecule has 0 bridgehead atoms. The Labute approximate surface area is 125 Å². The highest BCUT2D eigenvalue weighted by Gasteiger charge is 2.33. The van der Waals surface area contributed by atoms with E-state index in [1.807, 2.05) is 0 Å². The normalized spacial score (nSPS) is 11.0. The summed E-state index contributed by atoms with van der Waals surface area (Å²) in [6, 6.07) is 8.53. The van der Waals surface area contributed by atoms with Gasteiger partial charge in [0.25, 0.3) is 0 Å². The van der Waals surface area contributed by atoms with Crippen LogP contribution >= 0.6 is 0 Å². The third-order valence-corrected chi connectivity index (χ3v) is 2.91. The van der Waals surface area contributed by atoms with Gasteiger partial charge in [0.05, 0.1) is 12.1 Å². The number of carbonyl (C=O) groups excluding carboxylic acids is 1. The molecule has 0 saturated carbocycles. The number of nitrogens with zero attached hydrogens (tertiary/aromatic N) is 1. The van der Waals surface area contributed by atoms with Crippen LogP contribution in [0.15, 0.2) is 48.8 Å². The molecule has 0 unspecified atom stereocenters. The van der Waals surface area contributed by atoms with Crippen molar-refractivity contribution in [2.45, 2.75) is 12.7 Å². The van der Waals surface area contributed by atoms with E-state index in [4.69, 9.17) is 0 Å². The van der Waals surface area contributed by atoms with Crippen molar-refractivity contribution in [3.63, 3.8) is 0 Å². The monoisotopic (exact) mass is 309 g/mol. The lowest BCUT2D eigenvalue weighted by molar-refractivity contribution is -0.137. The molecule has 1 heterocycles. The maximum atomic E-state index is 12.8. The topological polar surface area (TPSA) is 54.0 Å². The first kappa shape index (κ1) is 15.8. The zero-order chi connectivity index (χ0) is 16.0. The molecule has 0 aliphatic rings. The molecule has 7 heteroatoms. The summed E-state index contributed by atoms with van der Waals surface area (Å²) in [7, 11) is 0. The van der Waals surface area contributed by atoms with Crippen molar-refractivity contribution >= 4 is 11.6 Å². The Balaban J connectivity index is 1.89. The molecule has 1 aromatic heterocycles. The Morgan fingerprint density at radius 3 is 2.45 bits per heavy atom. The number of nitrogens with one attached hydrogen (secondary N) is 2. The van der Waals surface area contributed by atoms with Crippen LogP contribution in [0.2, 0.25) is 0 Å². The number of hydrogen-bond donors (Lipinski definition) is 2. The molecule has 2 aromatic rings. The fourth-order valence-corrected chi connectivity index (χ4v) is 1.82. The minimum absolute atomic E-state index is 0.117. The minimum Gasteiger partial charge on any atom is -0.376 e. The molecular formula is C15H14F3N3O. The highest BCUT2D eigenvalue weighted by atomic mass is 19.4. The maximum absolute atomic E-state index is 12.8. The predicted octanol–water partition coefficient (Wildman–Crippen LogP) is 2.83. The number of hydrogen-bond acceptors (Lipinski definition) is 3. The van der Waals surface area contributed by atoms with Crippen LogP contribution in [0.5, 0.6) is 0 Å². The first-order valence-electron chi connectivity index (χ1n) is 6.52. The minimum atomic E-state index is -4.46. The van der Waals surface area contributed by atoms with Crippen LogP contribution in [0.1, 0.15) is 11.1 Å². The zero-order valence-electron chi connectivity index (χ0n) is 11.5. The van der Waals surface area contributed by atoms with Gasteiger partial charge < -0.3 is 10.6 Å². The average Bonchev–Trinajstić information content (AvgIpc) is 2.51. The van der Waals surface area contributed by atoms with E-state index in [2.05, 4.69) is 15.6 Å². The van der Waals surface area contributed by atoms with Gasteiger partial charge >= 0.3 is 6.18 Å². The second-order valence-corrected chi connectivity index (χ2v) is 4.53. The van der Waals surface area contributed by atoms with Crippen LogP contribution in [0, 0.1) is 0 Å². The van der Waals surface area contributed by atoms with Crippen LogP contribution in [0.3, 0.4) is 0 Å². The van der Waals surface area contributed by atoms with Crippen LogP contribution in [0.25, 0.3) is 0 Å². The van der Waals surface area contributed by atoms with Gasteiger partial charge in [-0.15, -0.1) is 0 Å². The smallest absolute Gasteiger partial charge is 0.376 e. The summed E-state index contributed by atoms with van der Waals surface area (Å²) < 4.78 is 38.4. The quantitative estimate of drug-likeness (QED) is 0.893. The first-order chi connectivity index (χ1) is 10.5. The molecular weight excluding hydrogens is 295 g/mol. The number of carbonyl (C=O) groups is 1. The highest BCUT2D eigenvalue weighted by molar-refractivity contribution is 5.81. The van der Waals surface area contributed by atoms with Crippen LogP contribution in [-0.4, -0.2) is 17.4 Å². The Morgan fingerprint density at radius 1 is 1.09 bits per heavy atom. The van der Waals surface area contributed by atoms with Crippen LogP contribution < -0.4 is 10.6 Å². The van der Waals surface area contributed by atoms with E-state index < -0.39 is 17.6 Å². The van der Waals surface area contributed by atoms with Gasteiger partial charge in [-0.05, 0) is 29.8 Å². The third-order valence-electron chi connectivity index (χ3n) is 2.91. The van der Waals surface area contributed by atoms with Crippen molar-refractivity contribution < 1.29 is 18.0 Å². The average molecular weight is 309 g/mol. The van der Waals surface area contributed by atoms with E-state index >= 15 is 0 Å². The Hall–Kier alpha value is -2.57. The predicted molar refractivity (Wildman–Crippen MR) is 76.0 cm³/mol. The summed E-state index contributed by atoms with van der Waals surface area (Å²) >= 11 is 0. The van der Waals surface area contributed by atoms with E-state index in [0.29, 0.717) is 6.54 Å². The van der Waals surface area contributed by atoms with E-state index in [0.717, 1.165) is 11.6 Å². The molecule has 0 fully saturated rings. The van der Waals surface area contributed by atoms with Crippen LogP contribution in [-0.2, 0) is 17.5 Å². The van der Waals surface area contributed by atoms with E-state index in [1.54, 1.807) is 24.5 Å². The number of halogens is 3. The number of para-hydroxylation sites is 1. The molecule has 0 aliphatic heterocycles. The summed E-state index contributed by atoms with van der Waals surface area (Å²) in [6.07, 6.45) is -1.27. The van der Waals surface area contributed by atoms with Crippen molar-refractivity contribution in [3.05, 3.63) is 59.9 Å². The van der Waals surface area contributed by atoms with Crippen LogP contribution in [0.4, 0.5) is 18.9 Å².